The van der Waals surface area contributed by atoms with Crippen molar-refractivity contribution in [3.05, 3.63) is 58.6 Å². The van der Waals surface area contributed by atoms with E-state index in [0.29, 0.717) is 22.2 Å². The van der Waals surface area contributed by atoms with E-state index >= 15 is 0 Å². The molecule has 4 aromatic heterocycles. The fourth-order valence-corrected chi connectivity index (χ4v) is 3.37. The third-order valence-electron chi connectivity index (χ3n) is 4.39. The highest BCUT2D eigenvalue weighted by Crippen LogP contribution is 2.33. The largest absolute Gasteiger partial charge is 0.399 e. The molecule has 4 heterocycles. The van der Waals surface area contributed by atoms with Gasteiger partial charge in [0.05, 0.1) is 22.0 Å². The molecule has 116 valence electrons. The summed E-state index contributed by atoms with van der Waals surface area (Å²) in [7, 11) is 0. The third-order valence-corrected chi connectivity index (χ3v) is 4.39. The fraction of sp³-hybridized carbons (Fsp3) is 0.0556. The van der Waals surface area contributed by atoms with Crippen LogP contribution in [0.3, 0.4) is 0 Å². The molecule has 0 fully saturated rings. The molecule has 3 N–H and O–H groups in total. The molecule has 0 aliphatic carbocycles. The van der Waals surface area contributed by atoms with Crippen molar-refractivity contribution in [2.24, 2.45) is 0 Å². The number of aromatic nitrogens is 4. The number of pyridine rings is 2. The Morgan fingerprint density at radius 2 is 2.12 bits per heavy atom. The van der Waals surface area contributed by atoms with Crippen molar-refractivity contribution in [2.45, 2.75) is 6.92 Å². The number of rotatable bonds is 1. The second-order valence-corrected chi connectivity index (χ2v) is 5.98. The Bertz CT molecular complexity index is 1300. The number of anilines is 1. The Balaban J connectivity index is 2.08. The van der Waals surface area contributed by atoms with Crippen molar-refractivity contribution >= 4 is 33.1 Å². The van der Waals surface area contributed by atoms with E-state index in [0.717, 1.165) is 27.7 Å². The van der Waals surface area contributed by atoms with Crippen molar-refractivity contribution in [3.63, 3.8) is 0 Å². The van der Waals surface area contributed by atoms with Crippen molar-refractivity contribution in [2.75, 3.05) is 5.73 Å². The lowest BCUT2D eigenvalue weighted by Gasteiger charge is -2.09. The lowest BCUT2D eigenvalue weighted by Crippen LogP contribution is -2.07. The average Bonchev–Trinajstić information content (AvgIpc) is 3.16. The quantitative estimate of drug-likeness (QED) is 0.465. The van der Waals surface area contributed by atoms with Crippen molar-refractivity contribution in [1.29, 1.82) is 0 Å². The highest BCUT2D eigenvalue weighted by Gasteiger charge is 2.19. The van der Waals surface area contributed by atoms with Crippen LogP contribution >= 0.6 is 0 Å². The molecule has 0 radical (unpaired) electrons. The minimum Gasteiger partial charge on any atom is -0.399 e. The van der Waals surface area contributed by atoms with Gasteiger partial charge >= 0.3 is 0 Å². The number of nitrogens with two attached hydrogens (primary N) is 1. The van der Waals surface area contributed by atoms with Crippen LogP contribution < -0.4 is 11.2 Å². The van der Waals surface area contributed by atoms with E-state index in [1.165, 1.54) is 0 Å². The van der Waals surface area contributed by atoms with Gasteiger partial charge in [-0.15, -0.1) is 0 Å². The zero-order valence-corrected chi connectivity index (χ0v) is 12.9. The molecule has 0 bridgehead atoms. The standard InChI is InChI=1S/C18H13N5O/c1-9-5-14-17(24)13-8-21-18-15(13)16(23(14)22-9)12(7-20-18)10-3-2-4-11(19)6-10/h2-8H,19H2,1H3,(H,20,21). The summed E-state index contributed by atoms with van der Waals surface area (Å²) in [6.07, 6.45) is 3.52. The van der Waals surface area contributed by atoms with Crippen molar-refractivity contribution < 1.29 is 0 Å². The van der Waals surface area contributed by atoms with E-state index in [4.69, 9.17) is 5.73 Å². The number of aromatic amines is 1. The van der Waals surface area contributed by atoms with Crippen LogP contribution in [-0.4, -0.2) is 19.6 Å². The topological polar surface area (TPSA) is 89.1 Å². The Labute approximate surface area is 135 Å². The van der Waals surface area contributed by atoms with Gasteiger partial charge in [0.2, 0.25) is 5.43 Å². The van der Waals surface area contributed by atoms with Gasteiger partial charge in [-0.3, -0.25) is 4.79 Å². The lowest BCUT2D eigenvalue weighted by molar-refractivity contribution is 0.970. The van der Waals surface area contributed by atoms with Gasteiger partial charge in [-0.1, -0.05) is 12.1 Å². The summed E-state index contributed by atoms with van der Waals surface area (Å²) in [4.78, 5) is 20.3. The molecule has 5 aromatic rings. The number of hydrogen-bond acceptors (Lipinski definition) is 4. The van der Waals surface area contributed by atoms with Crippen molar-refractivity contribution in [3.8, 4) is 11.1 Å². The zero-order valence-electron chi connectivity index (χ0n) is 12.9. The van der Waals surface area contributed by atoms with E-state index in [-0.39, 0.29) is 5.43 Å². The Morgan fingerprint density at radius 3 is 2.96 bits per heavy atom. The lowest BCUT2D eigenvalue weighted by atomic mass is 10.0. The maximum Gasteiger partial charge on any atom is 0.213 e. The van der Waals surface area contributed by atoms with Gasteiger partial charge in [0.1, 0.15) is 11.2 Å². The molecular formula is C18H13N5O. The number of aryl methyl sites for hydroxylation is 1. The summed E-state index contributed by atoms with van der Waals surface area (Å²) in [5.74, 6) is 0. The highest BCUT2D eigenvalue weighted by molar-refractivity contribution is 6.12. The molecular weight excluding hydrogens is 302 g/mol. The van der Waals surface area contributed by atoms with Gasteiger partial charge in [-0.05, 0) is 30.7 Å². The van der Waals surface area contributed by atoms with Gasteiger partial charge < -0.3 is 10.7 Å². The van der Waals surface area contributed by atoms with E-state index in [9.17, 15) is 4.79 Å². The molecule has 0 saturated carbocycles. The minimum absolute atomic E-state index is 0.0409. The second kappa shape index (κ2) is 4.32. The fourth-order valence-electron chi connectivity index (χ4n) is 3.37. The van der Waals surface area contributed by atoms with Crippen LogP contribution in [-0.2, 0) is 0 Å². The summed E-state index contributed by atoms with van der Waals surface area (Å²) >= 11 is 0. The van der Waals surface area contributed by atoms with E-state index in [1.54, 1.807) is 16.9 Å². The van der Waals surface area contributed by atoms with Crippen LogP contribution in [0.1, 0.15) is 5.69 Å². The maximum atomic E-state index is 12.7. The third kappa shape index (κ3) is 1.57. The number of nitrogen functional groups attached to an aromatic ring is 1. The van der Waals surface area contributed by atoms with Gasteiger partial charge in [0.25, 0.3) is 0 Å². The van der Waals surface area contributed by atoms with E-state index < -0.39 is 0 Å². The molecule has 6 heteroatoms. The molecule has 0 amide bonds. The summed E-state index contributed by atoms with van der Waals surface area (Å²) in [5, 5.41) is 5.97. The molecule has 6 nitrogen and oxygen atoms in total. The molecule has 0 spiro atoms. The van der Waals surface area contributed by atoms with Gasteiger partial charge in [-0.25, -0.2) is 9.50 Å². The number of fused-ring (bicyclic) bond motifs is 2. The smallest absolute Gasteiger partial charge is 0.213 e. The molecule has 0 saturated heterocycles. The highest BCUT2D eigenvalue weighted by atomic mass is 16.1. The first kappa shape index (κ1) is 13.1. The van der Waals surface area contributed by atoms with Crippen LogP contribution in [0, 0.1) is 6.92 Å². The molecule has 0 aliphatic heterocycles. The predicted molar refractivity (Wildman–Crippen MR) is 94.4 cm³/mol. The Hall–Kier alpha value is -3.41. The summed E-state index contributed by atoms with van der Waals surface area (Å²) < 4.78 is 1.72. The van der Waals surface area contributed by atoms with E-state index in [2.05, 4.69) is 15.1 Å². The summed E-state index contributed by atoms with van der Waals surface area (Å²) in [6.45, 7) is 1.88. The normalized spacial score (nSPS) is 11.9. The molecule has 0 atom stereocenters. The first-order valence-corrected chi connectivity index (χ1v) is 7.61. The Morgan fingerprint density at radius 1 is 1.25 bits per heavy atom. The molecule has 1 aromatic carbocycles. The number of nitrogens with zero attached hydrogens (tertiary/aromatic N) is 3. The summed E-state index contributed by atoms with van der Waals surface area (Å²) in [5.41, 5.74) is 11.3. The van der Waals surface area contributed by atoms with Crippen LogP contribution in [0.5, 0.6) is 0 Å². The molecule has 24 heavy (non-hydrogen) atoms. The molecule has 0 unspecified atom stereocenters. The number of nitrogens with one attached hydrogen (secondary N) is 1. The van der Waals surface area contributed by atoms with E-state index in [1.807, 2.05) is 37.3 Å². The van der Waals surface area contributed by atoms with Crippen LogP contribution in [0.25, 0.3) is 38.6 Å². The van der Waals surface area contributed by atoms with Crippen LogP contribution in [0.4, 0.5) is 5.69 Å². The van der Waals surface area contributed by atoms with Gasteiger partial charge in [0.15, 0.2) is 0 Å². The van der Waals surface area contributed by atoms with Crippen molar-refractivity contribution in [1.82, 2.24) is 19.6 Å². The SMILES string of the molecule is Cc1cc2c(=O)c3c[nH]c4ncc(-c5cccc(N)c5)c(c43)n2n1. The minimum atomic E-state index is -0.0409. The number of H-pyrrole nitrogens is 1. The number of hydrogen-bond donors (Lipinski definition) is 2. The maximum absolute atomic E-state index is 12.7. The predicted octanol–water partition coefficient (Wildman–Crippen LogP) is 2.72. The van der Waals surface area contributed by atoms with Crippen LogP contribution in [0.15, 0.2) is 47.5 Å². The molecule has 0 aliphatic rings. The molecule has 5 rings (SSSR count). The average molecular weight is 315 g/mol. The van der Waals surface area contributed by atoms with Crippen LogP contribution in [0.2, 0.25) is 0 Å². The van der Waals surface area contributed by atoms with Gasteiger partial charge in [0, 0.05) is 23.6 Å². The van der Waals surface area contributed by atoms with Gasteiger partial charge in [-0.2, -0.15) is 5.10 Å². The Kier molecular flexibility index (Phi) is 2.35. The monoisotopic (exact) mass is 315 g/mol. The second-order valence-electron chi connectivity index (χ2n) is 5.98. The first-order chi connectivity index (χ1) is 11.6. The first-order valence-electron chi connectivity index (χ1n) is 7.61. The zero-order chi connectivity index (χ0) is 16.4. The summed E-state index contributed by atoms with van der Waals surface area (Å²) in [6, 6.07) is 9.44. The number of benzene rings is 1.